The van der Waals surface area contributed by atoms with E-state index in [4.69, 9.17) is 4.74 Å². The number of benzene rings is 1. The van der Waals surface area contributed by atoms with E-state index >= 15 is 0 Å². The highest BCUT2D eigenvalue weighted by molar-refractivity contribution is 9.10. The molecule has 0 bridgehead atoms. The van der Waals surface area contributed by atoms with Gasteiger partial charge in [-0.15, -0.1) is 0 Å². The van der Waals surface area contributed by atoms with Crippen LogP contribution in [0.25, 0.3) is 16.5 Å². The molecule has 5 heterocycles. The number of hydrogen-bond donors (Lipinski definition) is 3. The van der Waals surface area contributed by atoms with Crippen molar-refractivity contribution >= 4 is 50.1 Å². The number of carbonyl (C=O) groups is 3. The minimum absolute atomic E-state index is 0.104. The van der Waals surface area contributed by atoms with E-state index in [-0.39, 0.29) is 23.8 Å². The maximum atomic E-state index is 14.4. The minimum atomic E-state index is -2.01. The number of aromatic amines is 1. The third-order valence-electron chi connectivity index (χ3n) is 10.3. The van der Waals surface area contributed by atoms with E-state index in [1.807, 2.05) is 33.0 Å². The summed E-state index contributed by atoms with van der Waals surface area (Å²) in [6.45, 7) is 8.57. The number of ether oxygens (including phenoxy) is 1. The van der Waals surface area contributed by atoms with Crippen LogP contribution >= 0.6 is 15.9 Å². The monoisotopic (exact) mass is 653 g/mol. The van der Waals surface area contributed by atoms with Crippen molar-refractivity contribution in [3.05, 3.63) is 40.0 Å². The van der Waals surface area contributed by atoms with E-state index in [9.17, 15) is 19.5 Å². The van der Waals surface area contributed by atoms with Crippen molar-refractivity contribution in [1.29, 1.82) is 0 Å². The van der Waals surface area contributed by atoms with Gasteiger partial charge in [0.05, 0.1) is 10.5 Å². The highest BCUT2D eigenvalue weighted by Crippen LogP contribution is 2.49. The van der Waals surface area contributed by atoms with Crippen LogP contribution in [0.5, 0.6) is 0 Å². The molecular weight excluding hydrogens is 614 g/mol. The Morgan fingerprint density at radius 2 is 2.02 bits per heavy atom. The summed E-state index contributed by atoms with van der Waals surface area (Å²) in [6, 6.07) is 4.76. The average molecular weight is 655 g/mol. The predicted molar refractivity (Wildman–Crippen MR) is 164 cm³/mol. The summed E-state index contributed by atoms with van der Waals surface area (Å²) in [5, 5.41) is 16.3. The van der Waals surface area contributed by atoms with Gasteiger partial charge in [0.2, 0.25) is 17.5 Å². The van der Waals surface area contributed by atoms with Gasteiger partial charge in [0, 0.05) is 36.0 Å². The van der Waals surface area contributed by atoms with Crippen LogP contribution in [0.1, 0.15) is 58.1 Å². The molecule has 10 nitrogen and oxygen atoms in total. The topological polar surface area (TPSA) is 118 Å². The first-order valence-corrected chi connectivity index (χ1v) is 16.3. The maximum Gasteiger partial charge on any atom is 0.281 e. The Morgan fingerprint density at radius 1 is 1.26 bits per heavy atom. The van der Waals surface area contributed by atoms with E-state index < -0.39 is 41.5 Å². The lowest BCUT2D eigenvalue weighted by atomic mass is 9.79. The van der Waals surface area contributed by atoms with Crippen molar-refractivity contribution < 1.29 is 24.2 Å². The van der Waals surface area contributed by atoms with Gasteiger partial charge in [-0.2, -0.15) is 0 Å². The van der Waals surface area contributed by atoms with Gasteiger partial charge in [0.15, 0.2) is 0 Å². The summed E-state index contributed by atoms with van der Waals surface area (Å²) >= 11 is 3.70. The Kier molecular flexibility index (Phi) is 6.67. The first kappa shape index (κ1) is 29.0. The zero-order valence-corrected chi connectivity index (χ0v) is 26.9. The molecule has 1 aromatic carbocycles. The molecule has 2 aromatic rings. The van der Waals surface area contributed by atoms with Gasteiger partial charge in [-0.3, -0.25) is 28.9 Å². The van der Waals surface area contributed by atoms with Crippen LogP contribution in [0.4, 0.5) is 0 Å². The number of hydrogen-bond acceptors (Lipinski definition) is 6. The number of nitrogens with zero attached hydrogens (tertiary/aromatic N) is 3. The number of aromatic nitrogens is 1. The number of rotatable bonds is 5. The van der Waals surface area contributed by atoms with E-state index in [2.05, 4.69) is 43.3 Å². The number of nitrogens with one attached hydrogen (secondary N) is 2. The largest absolute Gasteiger partial charge is 0.349 e. The number of fused-ring (bicyclic) bond motifs is 5. The Balaban J connectivity index is 1.25. The zero-order chi connectivity index (χ0) is 30.6. The summed E-state index contributed by atoms with van der Waals surface area (Å²) in [7, 11) is 2.03. The van der Waals surface area contributed by atoms with Crippen LogP contribution in [0.3, 0.4) is 0 Å². The third-order valence-corrected chi connectivity index (χ3v) is 10.9. The molecular formula is C32H40BrN5O5. The van der Waals surface area contributed by atoms with Crippen LogP contribution in [-0.4, -0.2) is 92.4 Å². The van der Waals surface area contributed by atoms with Gasteiger partial charge in [0.25, 0.3) is 11.8 Å². The number of aliphatic hydroxyl groups is 1. The molecule has 3 saturated heterocycles. The van der Waals surface area contributed by atoms with Crippen molar-refractivity contribution in [2.45, 2.75) is 83.1 Å². The molecule has 1 aromatic heterocycles. The summed E-state index contributed by atoms with van der Waals surface area (Å²) in [5.41, 5.74) is 2.68. The molecule has 230 valence electrons. The molecule has 5 aliphatic rings. The Hall–Kier alpha value is -2.73. The summed E-state index contributed by atoms with van der Waals surface area (Å²) in [5.74, 6) is -4.01. The second-order valence-electron chi connectivity index (χ2n) is 13.7. The fraction of sp³-hybridized carbons (Fsp3) is 0.594. The summed E-state index contributed by atoms with van der Waals surface area (Å²) in [4.78, 5) is 50.8. The van der Waals surface area contributed by atoms with Gasteiger partial charge in [-0.1, -0.05) is 45.9 Å². The van der Waals surface area contributed by atoms with Gasteiger partial charge in [-0.25, -0.2) is 0 Å². The van der Waals surface area contributed by atoms with Crippen LogP contribution in [0, 0.1) is 17.8 Å². The molecule has 0 radical (unpaired) electrons. The molecule has 1 aliphatic carbocycles. The minimum Gasteiger partial charge on any atom is -0.349 e. The second kappa shape index (κ2) is 9.89. The molecule has 0 spiro atoms. The van der Waals surface area contributed by atoms with Gasteiger partial charge in [-0.05, 0) is 77.3 Å². The number of H-pyrrole nitrogens is 1. The summed E-state index contributed by atoms with van der Waals surface area (Å²) < 4.78 is 7.43. The van der Waals surface area contributed by atoms with E-state index in [0.717, 1.165) is 34.1 Å². The molecule has 4 aliphatic heterocycles. The molecule has 2 unspecified atom stereocenters. The average Bonchev–Trinajstić information content (AvgIpc) is 3.63. The lowest BCUT2D eigenvalue weighted by Crippen LogP contribution is -2.71. The van der Waals surface area contributed by atoms with Crippen LogP contribution in [-0.2, 0) is 25.5 Å². The van der Waals surface area contributed by atoms with E-state index in [0.29, 0.717) is 25.9 Å². The molecule has 6 atom stereocenters. The smallest absolute Gasteiger partial charge is 0.281 e. The van der Waals surface area contributed by atoms with E-state index in [1.54, 1.807) is 18.7 Å². The molecule has 11 heteroatoms. The van der Waals surface area contributed by atoms with Crippen molar-refractivity contribution in [1.82, 2.24) is 25.0 Å². The second-order valence-corrected chi connectivity index (χ2v) is 14.5. The first-order chi connectivity index (χ1) is 20.4. The summed E-state index contributed by atoms with van der Waals surface area (Å²) in [6.07, 6.45) is 4.49. The highest BCUT2D eigenvalue weighted by Gasteiger charge is 2.72. The lowest BCUT2D eigenvalue weighted by molar-refractivity contribution is -0.322. The first-order valence-electron chi connectivity index (χ1n) is 15.5. The van der Waals surface area contributed by atoms with Crippen LogP contribution < -0.4 is 5.32 Å². The number of likely N-dealkylation sites (N-methyl/N-ethyl adjacent to an activating group) is 1. The lowest BCUT2D eigenvalue weighted by Gasteiger charge is -2.49. The van der Waals surface area contributed by atoms with Crippen molar-refractivity contribution in [3.63, 3.8) is 0 Å². The number of amides is 3. The number of carbonyl (C=O) groups excluding carboxylic acids is 3. The SMILES string of the molecule is CC(C)C[C@H]1C(=O)N2CCCC2[C@]2(O)O[C@](NC(=O)[C@@H]3C=C4c5cccc6[nH]c(Br)c(c56)CC4N(C)C3)(C(C)C)C(=O)N12. The van der Waals surface area contributed by atoms with Crippen molar-refractivity contribution in [2.24, 2.45) is 17.8 Å². The molecule has 43 heavy (non-hydrogen) atoms. The van der Waals surface area contributed by atoms with Gasteiger partial charge in [0.1, 0.15) is 12.1 Å². The quantitative estimate of drug-likeness (QED) is 0.456. The number of halogens is 1. The highest BCUT2D eigenvalue weighted by atomic mass is 79.9. The zero-order valence-electron chi connectivity index (χ0n) is 25.3. The molecule has 3 amide bonds. The maximum absolute atomic E-state index is 14.4. The van der Waals surface area contributed by atoms with E-state index in [1.165, 1.54) is 15.8 Å². The molecule has 0 saturated carbocycles. The fourth-order valence-corrected chi connectivity index (χ4v) is 8.72. The molecule has 3 fully saturated rings. The normalized spacial score (nSPS) is 33.7. The fourth-order valence-electron chi connectivity index (χ4n) is 8.15. The van der Waals surface area contributed by atoms with Gasteiger partial charge >= 0.3 is 0 Å². The third kappa shape index (κ3) is 4.04. The predicted octanol–water partition coefficient (Wildman–Crippen LogP) is 3.19. The van der Waals surface area contributed by atoms with Gasteiger partial charge < -0.3 is 20.3 Å². The molecule has 7 rings (SSSR count). The molecule has 3 N–H and O–H groups in total. The standard InChI is InChI=1S/C32H40BrN5O5/c1-16(2)12-24-29(40)37-11-7-10-25(37)32(42)38(24)30(41)31(43-32,17(3)4)35-28(39)18-13-20-19-8-6-9-22-26(19)21(27(33)34-22)14-23(20)36(5)15-18/h6,8-9,13,16-18,23-25,34,42H,7,10-12,14-15H2,1-5H3,(H,35,39)/t18-,23?,24+,25?,31-,32+/m1/s1. The Morgan fingerprint density at radius 3 is 2.74 bits per heavy atom. The Bertz CT molecular complexity index is 1570. The number of piperazine rings is 1. The van der Waals surface area contributed by atoms with Crippen molar-refractivity contribution in [2.75, 3.05) is 20.1 Å². The Labute approximate surface area is 259 Å². The van der Waals surface area contributed by atoms with Crippen molar-refractivity contribution in [3.8, 4) is 0 Å². The van der Waals surface area contributed by atoms with Crippen LogP contribution in [0.2, 0.25) is 0 Å². The van der Waals surface area contributed by atoms with Crippen LogP contribution in [0.15, 0.2) is 28.9 Å².